The predicted octanol–water partition coefficient (Wildman–Crippen LogP) is 2.07. The van der Waals surface area contributed by atoms with E-state index in [1.807, 2.05) is 0 Å². The summed E-state index contributed by atoms with van der Waals surface area (Å²) in [6.07, 6.45) is -1.32. The predicted molar refractivity (Wildman–Crippen MR) is 103 cm³/mol. The lowest BCUT2D eigenvalue weighted by molar-refractivity contribution is -0.130. The first-order chi connectivity index (χ1) is 13.0. The first kappa shape index (κ1) is 24.3. The van der Waals surface area contributed by atoms with Crippen molar-refractivity contribution >= 4 is 34.0 Å². The van der Waals surface area contributed by atoms with Crippen molar-refractivity contribution in [2.75, 3.05) is 23.1 Å². The van der Waals surface area contributed by atoms with Crippen LogP contribution in [0.15, 0.2) is 36.4 Å². The highest BCUT2D eigenvalue weighted by atomic mass is 35.5. The van der Waals surface area contributed by atoms with Crippen LogP contribution in [0.2, 0.25) is 0 Å². The molecule has 0 saturated heterocycles. The molecule has 0 fully saturated rings. The van der Waals surface area contributed by atoms with Gasteiger partial charge in [-0.1, -0.05) is 11.6 Å². The molecule has 1 aromatic rings. The first-order valence-electron chi connectivity index (χ1n) is 8.32. The molecule has 1 heterocycles. The van der Waals surface area contributed by atoms with Crippen LogP contribution in [0.4, 0.5) is 18.9 Å². The molecule has 0 aliphatic carbocycles. The second kappa shape index (κ2) is 11.3. The van der Waals surface area contributed by atoms with Crippen LogP contribution in [0.3, 0.4) is 0 Å². The number of likely N-dealkylation sites (N-methyl/N-ethyl adjacent to an activating group) is 1. The SMILES string of the molecule is CCN(C(=O)CCS(=O)CCC(F)(F)F)C(=CN(N)c1cccnc1)C(N)Cl. The molecule has 0 radical (unpaired) electrons. The van der Waals surface area contributed by atoms with Crippen molar-refractivity contribution in [3.05, 3.63) is 36.4 Å². The van der Waals surface area contributed by atoms with Crippen LogP contribution in [-0.2, 0) is 15.6 Å². The maximum absolute atomic E-state index is 12.5. The molecule has 0 bridgehead atoms. The number of hydrogen-bond donors (Lipinski definition) is 2. The Morgan fingerprint density at radius 2 is 2.11 bits per heavy atom. The summed E-state index contributed by atoms with van der Waals surface area (Å²) in [6.45, 7) is 1.87. The summed E-state index contributed by atoms with van der Waals surface area (Å²) in [5.41, 5.74) is 5.40. The zero-order chi connectivity index (χ0) is 21.3. The Labute approximate surface area is 168 Å². The van der Waals surface area contributed by atoms with Crippen molar-refractivity contribution in [3.63, 3.8) is 0 Å². The number of pyridine rings is 1. The maximum Gasteiger partial charge on any atom is 0.390 e. The minimum Gasteiger partial charge on any atom is -0.312 e. The summed E-state index contributed by atoms with van der Waals surface area (Å²) in [6, 6.07) is 3.35. The summed E-state index contributed by atoms with van der Waals surface area (Å²) in [7, 11) is -1.76. The van der Waals surface area contributed by atoms with Gasteiger partial charge in [-0.25, -0.2) is 5.84 Å². The molecule has 0 saturated carbocycles. The average molecular weight is 442 g/mol. The van der Waals surface area contributed by atoms with Gasteiger partial charge in [-0.2, -0.15) is 13.2 Å². The van der Waals surface area contributed by atoms with E-state index in [0.717, 1.165) is 0 Å². The fourth-order valence-corrected chi connectivity index (χ4v) is 3.42. The molecule has 0 spiro atoms. The summed E-state index contributed by atoms with van der Waals surface area (Å²) in [5.74, 6) is 4.74. The van der Waals surface area contributed by atoms with Gasteiger partial charge in [0.05, 0.1) is 24.0 Å². The standard InChI is InChI=1S/C16H23ClF3N5O2S/c1-2-24(14(26)5-8-28(27)9-6-16(18,19)20)13(15(17)21)11-25(22)12-4-3-7-23-10-12/h3-4,7,10-11,15H,2,5-6,8-9,21-22H2,1H3. The number of nitrogens with zero attached hydrogens (tertiary/aromatic N) is 3. The normalized spacial score (nSPS) is 14.5. The number of hydrogen-bond acceptors (Lipinski definition) is 6. The minimum atomic E-state index is -4.38. The Balaban J connectivity index is 2.81. The van der Waals surface area contributed by atoms with Gasteiger partial charge in [0, 0.05) is 47.7 Å². The Morgan fingerprint density at radius 1 is 1.43 bits per heavy atom. The van der Waals surface area contributed by atoms with Crippen molar-refractivity contribution in [1.82, 2.24) is 9.88 Å². The summed E-state index contributed by atoms with van der Waals surface area (Å²) in [5, 5.41) is 1.20. The molecule has 158 valence electrons. The number of rotatable bonds is 10. The van der Waals surface area contributed by atoms with E-state index < -0.39 is 40.6 Å². The quantitative estimate of drug-likeness (QED) is 0.249. The van der Waals surface area contributed by atoms with Gasteiger partial charge in [0.2, 0.25) is 5.91 Å². The van der Waals surface area contributed by atoms with E-state index in [4.69, 9.17) is 23.2 Å². The van der Waals surface area contributed by atoms with Crippen LogP contribution < -0.4 is 16.6 Å². The van der Waals surface area contributed by atoms with Crippen molar-refractivity contribution in [2.45, 2.75) is 31.4 Å². The fraction of sp³-hybridized carbons (Fsp3) is 0.500. The van der Waals surface area contributed by atoms with Crippen LogP contribution in [0, 0.1) is 0 Å². The molecule has 1 amide bonds. The van der Waals surface area contributed by atoms with Gasteiger partial charge in [-0.15, -0.1) is 0 Å². The number of anilines is 1. The molecule has 0 aromatic carbocycles. The Morgan fingerprint density at radius 3 is 2.61 bits per heavy atom. The second-order valence-corrected chi connectivity index (χ2v) is 7.84. The van der Waals surface area contributed by atoms with E-state index in [-0.39, 0.29) is 24.4 Å². The summed E-state index contributed by atoms with van der Waals surface area (Å²) < 4.78 is 48.3. The third-order valence-electron chi connectivity index (χ3n) is 3.58. The molecule has 0 aliphatic heterocycles. The van der Waals surface area contributed by atoms with Gasteiger partial charge in [-0.3, -0.25) is 19.0 Å². The molecular formula is C16H23ClF3N5O2S. The van der Waals surface area contributed by atoms with Crippen LogP contribution in [0.1, 0.15) is 19.8 Å². The third kappa shape index (κ3) is 8.55. The fourth-order valence-electron chi connectivity index (χ4n) is 2.18. The lowest BCUT2D eigenvalue weighted by Crippen LogP contribution is -2.39. The van der Waals surface area contributed by atoms with Gasteiger partial charge >= 0.3 is 6.18 Å². The minimum absolute atomic E-state index is 0.189. The lowest BCUT2D eigenvalue weighted by Gasteiger charge is -2.27. The third-order valence-corrected chi connectivity index (χ3v) is 5.13. The molecule has 1 aromatic heterocycles. The van der Waals surface area contributed by atoms with Crippen LogP contribution in [0.5, 0.6) is 0 Å². The number of amides is 1. The van der Waals surface area contributed by atoms with Gasteiger partial charge < -0.3 is 10.6 Å². The van der Waals surface area contributed by atoms with E-state index in [1.54, 1.807) is 25.3 Å². The Hall–Kier alpha value is -1.69. The number of carbonyl (C=O) groups is 1. The van der Waals surface area contributed by atoms with Crippen molar-refractivity contribution in [1.29, 1.82) is 0 Å². The molecule has 1 rings (SSSR count). The van der Waals surface area contributed by atoms with E-state index in [2.05, 4.69) is 4.98 Å². The first-order valence-corrected chi connectivity index (χ1v) is 10.2. The smallest absolute Gasteiger partial charge is 0.312 e. The topological polar surface area (TPSA) is 106 Å². The van der Waals surface area contributed by atoms with Crippen molar-refractivity contribution in [3.8, 4) is 0 Å². The molecule has 7 nitrogen and oxygen atoms in total. The maximum atomic E-state index is 12.5. The number of nitrogens with two attached hydrogens (primary N) is 2. The molecule has 0 aliphatic rings. The molecule has 28 heavy (non-hydrogen) atoms. The number of alkyl halides is 4. The summed E-state index contributed by atoms with van der Waals surface area (Å²) >= 11 is 5.99. The Kier molecular flexibility index (Phi) is 9.87. The largest absolute Gasteiger partial charge is 0.390 e. The number of hydrazine groups is 1. The molecular weight excluding hydrogens is 419 g/mol. The molecule has 12 heteroatoms. The number of halogens is 4. The van der Waals surface area contributed by atoms with Crippen LogP contribution >= 0.6 is 11.6 Å². The van der Waals surface area contributed by atoms with Crippen LogP contribution in [0.25, 0.3) is 0 Å². The van der Waals surface area contributed by atoms with Gasteiger partial charge in [0.15, 0.2) is 0 Å². The van der Waals surface area contributed by atoms with E-state index in [0.29, 0.717) is 5.69 Å². The van der Waals surface area contributed by atoms with E-state index >= 15 is 0 Å². The molecule has 4 N–H and O–H groups in total. The van der Waals surface area contributed by atoms with Gasteiger partial charge in [0.1, 0.15) is 5.50 Å². The monoisotopic (exact) mass is 441 g/mol. The lowest BCUT2D eigenvalue weighted by atomic mass is 10.3. The number of carbonyl (C=O) groups excluding carboxylic acids is 1. The molecule has 2 unspecified atom stereocenters. The van der Waals surface area contributed by atoms with Gasteiger partial charge in [-0.05, 0) is 19.1 Å². The van der Waals surface area contributed by atoms with Gasteiger partial charge in [0.25, 0.3) is 0 Å². The highest BCUT2D eigenvalue weighted by molar-refractivity contribution is 7.84. The van der Waals surface area contributed by atoms with Crippen molar-refractivity contribution < 1.29 is 22.2 Å². The molecule has 2 atom stereocenters. The second-order valence-electron chi connectivity index (χ2n) is 5.68. The highest BCUT2D eigenvalue weighted by Crippen LogP contribution is 2.20. The zero-order valence-corrected chi connectivity index (χ0v) is 16.8. The van der Waals surface area contributed by atoms with Crippen molar-refractivity contribution in [2.24, 2.45) is 11.6 Å². The average Bonchev–Trinajstić information content (AvgIpc) is 2.64. The van der Waals surface area contributed by atoms with E-state index in [1.165, 1.54) is 22.3 Å². The number of aromatic nitrogens is 1. The Bertz CT molecular complexity index is 689. The van der Waals surface area contributed by atoms with E-state index in [9.17, 15) is 22.2 Å². The summed E-state index contributed by atoms with van der Waals surface area (Å²) in [4.78, 5) is 17.7. The zero-order valence-electron chi connectivity index (χ0n) is 15.2. The highest BCUT2D eigenvalue weighted by Gasteiger charge is 2.28. The van der Waals surface area contributed by atoms with Crippen LogP contribution in [-0.4, -0.2) is 49.7 Å².